The molecule has 0 aliphatic rings. The summed E-state index contributed by atoms with van der Waals surface area (Å²) in [5.41, 5.74) is 1.26. The molecule has 1 N–H and O–H groups in total. The van der Waals surface area contributed by atoms with Crippen LogP contribution in [0.3, 0.4) is 0 Å². The molecule has 0 saturated heterocycles. The fourth-order valence-electron chi connectivity index (χ4n) is 1.38. The van der Waals surface area contributed by atoms with Gasteiger partial charge in [-0.3, -0.25) is 9.52 Å². The molecule has 2 aromatic rings. The smallest absolute Gasteiger partial charge is 0.261 e. The minimum atomic E-state index is -0.149. The number of nitrogens with one attached hydrogen (secondary N) is 1. The maximum atomic E-state index is 11.8. The number of hydrogen-bond acceptors (Lipinski definition) is 3. The molecule has 1 aromatic heterocycles. The zero-order chi connectivity index (χ0) is 13.7. The maximum absolute atomic E-state index is 11.8. The SMILES string of the molecule is O=C(NSCc1nc(Cl)ccc1Cl)c1ccccc1. The molecule has 0 saturated carbocycles. The first-order valence-electron chi connectivity index (χ1n) is 5.45. The number of carbonyl (C=O) groups excluding carboxylic acids is 1. The summed E-state index contributed by atoms with van der Waals surface area (Å²) in [5, 5.41) is 0.917. The highest BCUT2D eigenvalue weighted by molar-refractivity contribution is 7.97. The summed E-state index contributed by atoms with van der Waals surface area (Å²) < 4.78 is 2.73. The molecule has 3 nitrogen and oxygen atoms in total. The van der Waals surface area contributed by atoms with Gasteiger partial charge in [0.15, 0.2) is 0 Å². The minimum absolute atomic E-state index is 0.149. The average Bonchev–Trinajstić information content (AvgIpc) is 2.43. The average molecular weight is 313 g/mol. The van der Waals surface area contributed by atoms with Crippen molar-refractivity contribution in [3.63, 3.8) is 0 Å². The quantitative estimate of drug-likeness (QED) is 0.686. The van der Waals surface area contributed by atoms with Gasteiger partial charge in [0.25, 0.3) is 5.91 Å². The summed E-state index contributed by atoms with van der Waals surface area (Å²) in [6.07, 6.45) is 0. The number of benzene rings is 1. The van der Waals surface area contributed by atoms with Gasteiger partial charge < -0.3 is 0 Å². The lowest BCUT2D eigenvalue weighted by Crippen LogP contribution is -2.16. The molecule has 0 unspecified atom stereocenters. The van der Waals surface area contributed by atoms with Crippen molar-refractivity contribution in [3.05, 3.63) is 63.9 Å². The van der Waals surface area contributed by atoms with Crippen LogP contribution in [0.5, 0.6) is 0 Å². The molecular formula is C13H10Cl2N2OS. The second-order valence-corrected chi connectivity index (χ2v) is 5.22. The van der Waals surface area contributed by atoms with E-state index in [1.165, 1.54) is 11.9 Å². The van der Waals surface area contributed by atoms with Crippen molar-refractivity contribution in [2.24, 2.45) is 0 Å². The first kappa shape index (κ1) is 14.2. The lowest BCUT2D eigenvalue weighted by Gasteiger charge is -2.05. The molecule has 0 aliphatic carbocycles. The Morgan fingerprint density at radius 3 is 2.63 bits per heavy atom. The second kappa shape index (κ2) is 6.80. The Kier molecular flexibility index (Phi) is 5.07. The minimum Gasteiger partial charge on any atom is -0.296 e. The van der Waals surface area contributed by atoms with Crippen molar-refractivity contribution in [3.8, 4) is 0 Å². The monoisotopic (exact) mass is 312 g/mol. The van der Waals surface area contributed by atoms with E-state index >= 15 is 0 Å². The van der Waals surface area contributed by atoms with Crippen LogP contribution in [0.2, 0.25) is 10.2 Å². The Labute approximate surface area is 125 Å². The van der Waals surface area contributed by atoms with Crippen molar-refractivity contribution in [1.82, 2.24) is 9.71 Å². The van der Waals surface area contributed by atoms with Gasteiger partial charge in [-0.15, -0.1) is 0 Å². The molecule has 1 aromatic carbocycles. The standard InChI is InChI=1S/C13H10Cl2N2OS/c14-10-6-7-12(15)16-11(10)8-19-17-13(18)9-4-2-1-3-5-9/h1-7H,8H2,(H,17,18). The summed E-state index contributed by atoms with van der Waals surface area (Å²) in [6.45, 7) is 0. The van der Waals surface area contributed by atoms with E-state index in [1.54, 1.807) is 24.3 Å². The molecule has 6 heteroatoms. The fourth-order valence-corrected chi connectivity index (χ4v) is 2.47. The normalized spacial score (nSPS) is 10.2. The first-order chi connectivity index (χ1) is 9.16. The van der Waals surface area contributed by atoms with Gasteiger partial charge in [0.1, 0.15) is 5.15 Å². The van der Waals surface area contributed by atoms with Crippen LogP contribution in [0.15, 0.2) is 42.5 Å². The van der Waals surface area contributed by atoms with Gasteiger partial charge in [0.05, 0.1) is 16.5 Å². The van der Waals surface area contributed by atoms with E-state index in [0.717, 1.165) is 0 Å². The van der Waals surface area contributed by atoms with Gasteiger partial charge >= 0.3 is 0 Å². The lowest BCUT2D eigenvalue weighted by molar-refractivity contribution is 0.0984. The topological polar surface area (TPSA) is 42.0 Å². The van der Waals surface area contributed by atoms with E-state index in [0.29, 0.717) is 27.2 Å². The van der Waals surface area contributed by atoms with Crippen LogP contribution in [-0.4, -0.2) is 10.9 Å². The Morgan fingerprint density at radius 2 is 1.89 bits per heavy atom. The molecular weight excluding hydrogens is 303 g/mol. The zero-order valence-electron chi connectivity index (χ0n) is 9.77. The van der Waals surface area contributed by atoms with Crippen LogP contribution in [0, 0.1) is 0 Å². The number of carbonyl (C=O) groups is 1. The van der Waals surface area contributed by atoms with Crippen LogP contribution in [0.1, 0.15) is 16.1 Å². The summed E-state index contributed by atoms with van der Waals surface area (Å²) in [7, 11) is 0. The van der Waals surface area contributed by atoms with Crippen LogP contribution < -0.4 is 4.72 Å². The molecule has 1 amide bonds. The predicted octanol–water partition coefficient (Wildman–Crippen LogP) is 3.97. The van der Waals surface area contributed by atoms with Crippen LogP contribution in [0.4, 0.5) is 0 Å². The first-order valence-corrected chi connectivity index (χ1v) is 7.19. The number of halogens is 2. The molecule has 0 aliphatic heterocycles. The molecule has 19 heavy (non-hydrogen) atoms. The number of amides is 1. The van der Waals surface area contributed by atoms with Crippen LogP contribution >= 0.6 is 35.1 Å². The Balaban J connectivity index is 1.90. The number of rotatable bonds is 4. The largest absolute Gasteiger partial charge is 0.296 e. The van der Waals surface area contributed by atoms with Crippen molar-refractivity contribution in [2.45, 2.75) is 5.75 Å². The van der Waals surface area contributed by atoms with Gasteiger partial charge in [-0.25, -0.2) is 4.98 Å². The highest BCUT2D eigenvalue weighted by atomic mass is 35.5. The number of aromatic nitrogens is 1. The molecule has 0 radical (unpaired) electrons. The van der Waals surface area contributed by atoms with E-state index in [9.17, 15) is 4.79 Å². The predicted molar refractivity (Wildman–Crippen MR) is 79.5 cm³/mol. The van der Waals surface area contributed by atoms with Gasteiger partial charge in [-0.1, -0.05) is 41.4 Å². The zero-order valence-corrected chi connectivity index (χ0v) is 12.1. The number of pyridine rings is 1. The van der Waals surface area contributed by atoms with Gasteiger partial charge in [0.2, 0.25) is 0 Å². The Morgan fingerprint density at radius 1 is 1.16 bits per heavy atom. The Bertz CT molecular complexity index is 578. The molecule has 0 atom stereocenters. The van der Waals surface area contributed by atoms with E-state index < -0.39 is 0 Å². The third-order valence-electron chi connectivity index (χ3n) is 2.29. The van der Waals surface area contributed by atoms with Crippen molar-refractivity contribution >= 4 is 41.1 Å². The van der Waals surface area contributed by atoms with Crippen LogP contribution in [0.25, 0.3) is 0 Å². The molecule has 0 spiro atoms. The van der Waals surface area contributed by atoms with E-state index in [2.05, 4.69) is 9.71 Å². The summed E-state index contributed by atoms with van der Waals surface area (Å²) >= 11 is 13.0. The van der Waals surface area contributed by atoms with Gasteiger partial charge in [-0.2, -0.15) is 0 Å². The second-order valence-electron chi connectivity index (χ2n) is 3.65. The maximum Gasteiger partial charge on any atom is 0.261 e. The highest BCUT2D eigenvalue weighted by Crippen LogP contribution is 2.20. The van der Waals surface area contributed by atoms with Gasteiger partial charge in [0, 0.05) is 5.56 Å². The molecule has 0 bridgehead atoms. The summed E-state index contributed by atoms with van der Waals surface area (Å²) in [6, 6.07) is 12.3. The highest BCUT2D eigenvalue weighted by Gasteiger charge is 2.07. The van der Waals surface area contributed by atoms with Gasteiger partial charge in [-0.05, 0) is 36.2 Å². The molecule has 98 valence electrons. The third kappa shape index (κ3) is 4.13. The number of nitrogens with zero attached hydrogens (tertiary/aromatic N) is 1. The Hall–Kier alpha value is -1.23. The van der Waals surface area contributed by atoms with Crippen LogP contribution in [-0.2, 0) is 5.75 Å². The summed E-state index contributed by atoms with van der Waals surface area (Å²) in [5.74, 6) is 0.307. The van der Waals surface area contributed by atoms with Crippen molar-refractivity contribution in [1.29, 1.82) is 0 Å². The summed E-state index contributed by atoms with van der Waals surface area (Å²) in [4.78, 5) is 15.9. The van der Waals surface area contributed by atoms with E-state index in [-0.39, 0.29) is 5.91 Å². The van der Waals surface area contributed by atoms with Crippen molar-refractivity contribution < 1.29 is 4.79 Å². The van der Waals surface area contributed by atoms with Crippen molar-refractivity contribution in [2.75, 3.05) is 0 Å². The fraction of sp³-hybridized carbons (Fsp3) is 0.0769. The number of hydrogen-bond donors (Lipinski definition) is 1. The third-order valence-corrected chi connectivity index (χ3v) is 3.60. The molecule has 1 heterocycles. The lowest BCUT2D eigenvalue weighted by atomic mass is 10.2. The van der Waals surface area contributed by atoms with E-state index in [4.69, 9.17) is 23.2 Å². The molecule has 0 fully saturated rings. The molecule has 2 rings (SSSR count). The van der Waals surface area contributed by atoms with E-state index in [1.807, 2.05) is 18.2 Å².